The van der Waals surface area contributed by atoms with Gasteiger partial charge in [0.2, 0.25) is 5.91 Å². The number of aryl methyl sites for hydroxylation is 1. The van der Waals surface area contributed by atoms with E-state index >= 15 is 0 Å². The highest BCUT2D eigenvalue weighted by atomic mass is 32.1. The van der Waals surface area contributed by atoms with Crippen molar-refractivity contribution < 1.29 is 4.79 Å². The normalized spacial score (nSPS) is 11.1. The molecule has 4 heterocycles. The fourth-order valence-electron chi connectivity index (χ4n) is 2.68. The summed E-state index contributed by atoms with van der Waals surface area (Å²) in [6, 6.07) is 7.67. The second kappa shape index (κ2) is 7.31. The summed E-state index contributed by atoms with van der Waals surface area (Å²) < 4.78 is 2.89. The van der Waals surface area contributed by atoms with Crippen LogP contribution in [0, 0.1) is 13.8 Å². The van der Waals surface area contributed by atoms with Gasteiger partial charge in [-0.3, -0.25) is 14.2 Å². The first-order chi connectivity index (χ1) is 13.5. The van der Waals surface area contributed by atoms with Crippen LogP contribution in [0.4, 0.5) is 0 Å². The van der Waals surface area contributed by atoms with E-state index in [4.69, 9.17) is 0 Å². The lowest BCUT2D eigenvalue weighted by Crippen LogP contribution is -2.33. The number of thiophene rings is 1. The number of carbonyl (C=O) groups excluding carboxylic acids is 1. The third-order valence-corrected chi connectivity index (χ3v) is 5.27. The summed E-state index contributed by atoms with van der Waals surface area (Å²) in [6.45, 7) is 3.48. The molecule has 4 rings (SSSR count). The van der Waals surface area contributed by atoms with Crippen LogP contribution in [0.3, 0.4) is 0 Å². The topological polar surface area (TPSA) is 107 Å². The first-order valence-electron chi connectivity index (χ1n) is 8.57. The number of nitrogens with zero attached hydrogens (tertiary/aromatic N) is 6. The summed E-state index contributed by atoms with van der Waals surface area (Å²) in [5, 5.41) is 17.5. The highest BCUT2D eigenvalue weighted by molar-refractivity contribution is 7.13. The maximum Gasteiger partial charge on any atom is 0.256 e. The molecule has 9 nitrogen and oxygen atoms in total. The number of carbonyl (C=O) groups is 1. The van der Waals surface area contributed by atoms with Crippen LogP contribution in [0.15, 0.2) is 40.8 Å². The minimum absolute atomic E-state index is 0.114. The second-order valence-electron chi connectivity index (χ2n) is 6.25. The molecule has 142 valence electrons. The number of nitrogens with one attached hydrogen (secondary N) is 1. The Kier molecular flexibility index (Phi) is 4.70. The van der Waals surface area contributed by atoms with Crippen LogP contribution in [0.1, 0.15) is 17.1 Å². The molecule has 0 aliphatic rings. The number of rotatable bonds is 5. The van der Waals surface area contributed by atoms with Gasteiger partial charge < -0.3 is 5.32 Å². The monoisotopic (exact) mass is 395 g/mol. The lowest BCUT2D eigenvalue weighted by atomic mass is 10.3. The summed E-state index contributed by atoms with van der Waals surface area (Å²) in [5.74, 6) is 0.186. The average molecular weight is 395 g/mol. The van der Waals surface area contributed by atoms with Crippen LogP contribution >= 0.6 is 11.3 Å². The molecule has 0 radical (unpaired) electrons. The van der Waals surface area contributed by atoms with Gasteiger partial charge in [-0.15, -0.1) is 21.5 Å². The molecule has 0 saturated heterocycles. The van der Waals surface area contributed by atoms with E-state index in [1.54, 1.807) is 29.7 Å². The Bertz CT molecular complexity index is 1210. The summed E-state index contributed by atoms with van der Waals surface area (Å²) in [7, 11) is 0. The zero-order chi connectivity index (χ0) is 19.7. The lowest BCUT2D eigenvalue weighted by molar-refractivity contribution is -0.121. The van der Waals surface area contributed by atoms with Crippen molar-refractivity contribution in [3.05, 3.63) is 63.4 Å². The standard InChI is InChI=1S/C18H17N7O2S/c1-11-12(2)20-10-24(18(11)27)9-17(26)19-8-16-22-21-15-6-5-13(23-25(15)16)14-4-3-7-28-14/h3-7,10H,8-9H2,1-2H3,(H,19,26). The first-order valence-corrected chi connectivity index (χ1v) is 9.45. The van der Waals surface area contributed by atoms with Crippen LogP contribution in [0.5, 0.6) is 0 Å². The van der Waals surface area contributed by atoms with Crippen LogP contribution < -0.4 is 10.9 Å². The molecule has 0 atom stereocenters. The Morgan fingerprint density at radius 1 is 1.21 bits per heavy atom. The zero-order valence-corrected chi connectivity index (χ0v) is 16.1. The SMILES string of the molecule is Cc1ncn(CC(=O)NCc2nnc3ccc(-c4cccs4)nn23)c(=O)c1C. The number of hydrogen-bond acceptors (Lipinski definition) is 7. The number of fused-ring (bicyclic) bond motifs is 1. The second-order valence-corrected chi connectivity index (χ2v) is 7.19. The molecule has 0 aromatic carbocycles. The Balaban J connectivity index is 1.49. The molecule has 1 amide bonds. The van der Waals surface area contributed by atoms with Crippen molar-refractivity contribution in [3.8, 4) is 10.6 Å². The smallest absolute Gasteiger partial charge is 0.256 e. The van der Waals surface area contributed by atoms with Crippen molar-refractivity contribution in [1.29, 1.82) is 0 Å². The largest absolute Gasteiger partial charge is 0.347 e. The lowest BCUT2D eigenvalue weighted by Gasteiger charge is -2.08. The number of aromatic nitrogens is 6. The van der Waals surface area contributed by atoms with Gasteiger partial charge in [0, 0.05) is 11.3 Å². The van der Waals surface area contributed by atoms with E-state index in [9.17, 15) is 9.59 Å². The predicted molar refractivity (Wildman–Crippen MR) is 104 cm³/mol. The maximum absolute atomic E-state index is 12.3. The first kappa shape index (κ1) is 18.0. The van der Waals surface area contributed by atoms with Gasteiger partial charge in [-0.05, 0) is 37.4 Å². The summed E-state index contributed by atoms with van der Waals surface area (Å²) in [4.78, 5) is 29.6. The van der Waals surface area contributed by atoms with Crippen LogP contribution in [0.25, 0.3) is 16.2 Å². The maximum atomic E-state index is 12.3. The quantitative estimate of drug-likeness (QED) is 0.546. The van der Waals surface area contributed by atoms with Crippen LogP contribution in [-0.4, -0.2) is 35.3 Å². The van der Waals surface area contributed by atoms with Gasteiger partial charge in [0.1, 0.15) is 12.2 Å². The summed E-state index contributed by atoms with van der Waals surface area (Å²) in [6.07, 6.45) is 1.38. The molecule has 0 unspecified atom stereocenters. The highest BCUT2D eigenvalue weighted by Crippen LogP contribution is 2.22. The van der Waals surface area contributed by atoms with Crippen LogP contribution in [0.2, 0.25) is 0 Å². The third-order valence-electron chi connectivity index (χ3n) is 4.37. The fraction of sp³-hybridized carbons (Fsp3) is 0.222. The molecule has 0 bridgehead atoms. The minimum atomic E-state index is -0.321. The van der Waals surface area contributed by atoms with Crippen LogP contribution in [-0.2, 0) is 17.9 Å². The van der Waals surface area contributed by atoms with E-state index in [0.29, 0.717) is 22.7 Å². The number of hydrogen-bond donors (Lipinski definition) is 1. The highest BCUT2D eigenvalue weighted by Gasteiger charge is 2.12. The Morgan fingerprint density at radius 3 is 2.86 bits per heavy atom. The molecule has 28 heavy (non-hydrogen) atoms. The average Bonchev–Trinajstić information content (AvgIpc) is 3.36. The van der Waals surface area contributed by atoms with E-state index in [1.807, 2.05) is 29.6 Å². The Hall–Kier alpha value is -3.40. The summed E-state index contributed by atoms with van der Waals surface area (Å²) >= 11 is 1.59. The Labute approximate surface area is 163 Å². The van der Waals surface area contributed by atoms with Crippen molar-refractivity contribution in [2.24, 2.45) is 0 Å². The molecule has 0 saturated carbocycles. The van der Waals surface area contributed by atoms with E-state index in [0.717, 1.165) is 10.6 Å². The molecule has 1 N–H and O–H groups in total. The van der Waals surface area contributed by atoms with Gasteiger partial charge >= 0.3 is 0 Å². The van der Waals surface area contributed by atoms with Gasteiger partial charge in [-0.2, -0.15) is 9.61 Å². The van der Waals surface area contributed by atoms with Crippen molar-refractivity contribution in [2.75, 3.05) is 0 Å². The van der Waals surface area contributed by atoms with Crippen molar-refractivity contribution in [3.63, 3.8) is 0 Å². The summed E-state index contributed by atoms with van der Waals surface area (Å²) in [5.41, 5.74) is 2.37. The molecule has 0 spiro atoms. The van der Waals surface area contributed by atoms with E-state index < -0.39 is 0 Å². The Morgan fingerprint density at radius 2 is 2.07 bits per heavy atom. The predicted octanol–water partition coefficient (Wildman–Crippen LogP) is 1.34. The van der Waals surface area contributed by atoms with Crippen molar-refractivity contribution >= 4 is 22.9 Å². The van der Waals surface area contributed by atoms with Gasteiger partial charge in [0.05, 0.1) is 17.7 Å². The molecular weight excluding hydrogens is 378 g/mol. The van der Waals surface area contributed by atoms with Gasteiger partial charge in [0.15, 0.2) is 11.5 Å². The molecule has 10 heteroatoms. The molecule has 0 aliphatic carbocycles. The van der Waals surface area contributed by atoms with Gasteiger partial charge in [-0.25, -0.2) is 4.98 Å². The molecule has 4 aromatic heterocycles. The third kappa shape index (κ3) is 3.41. The van der Waals surface area contributed by atoms with Gasteiger partial charge in [0.25, 0.3) is 5.56 Å². The van der Waals surface area contributed by atoms with E-state index in [-0.39, 0.29) is 24.6 Å². The fourth-order valence-corrected chi connectivity index (χ4v) is 3.37. The van der Waals surface area contributed by atoms with E-state index in [1.165, 1.54) is 10.9 Å². The molecule has 0 aliphatic heterocycles. The van der Waals surface area contributed by atoms with Crippen molar-refractivity contribution in [2.45, 2.75) is 26.9 Å². The molecular formula is C18H17N7O2S. The van der Waals surface area contributed by atoms with E-state index in [2.05, 4.69) is 25.6 Å². The number of amides is 1. The zero-order valence-electron chi connectivity index (χ0n) is 15.3. The molecule has 0 fully saturated rings. The minimum Gasteiger partial charge on any atom is -0.347 e. The van der Waals surface area contributed by atoms with Crippen molar-refractivity contribution in [1.82, 2.24) is 34.7 Å². The van der Waals surface area contributed by atoms with Gasteiger partial charge in [-0.1, -0.05) is 6.07 Å². The molecule has 4 aromatic rings.